The van der Waals surface area contributed by atoms with Crippen LogP contribution in [0.5, 0.6) is 5.75 Å². The molecule has 0 amide bonds. The molecule has 66 valence electrons. The average molecular weight is 174 g/mol. The van der Waals surface area contributed by atoms with Crippen LogP contribution >= 0.6 is 0 Å². The van der Waals surface area contributed by atoms with Crippen molar-refractivity contribution in [1.82, 2.24) is 4.98 Å². The summed E-state index contributed by atoms with van der Waals surface area (Å²) in [6.07, 6.45) is 1.62. The van der Waals surface area contributed by atoms with Crippen LogP contribution in [0.15, 0.2) is 30.5 Å². The van der Waals surface area contributed by atoms with Crippen LogP contribution in [-0.2, 0) is 0 Å². The van der Waals surface area contributed by atoms with Crippen molar-refractivity contribution >= 4 is 16.6 Å². The summed E-state index contributed by atoms with van der Waals surface area (Å²) in [4.78, 5) is 4.19. The SMILES string of the molecule is CNc1cnc2ccccc2c1O. The fourth-order valence-corrected chi connectivity index (χ4v) is 1.31. The van der Waals surface area contributed by atoms with E-state index in [1.54, 1.807) is 13.2 Å². The number of aromatic hydroxyl groups is 1. The molecule has 0 atom stereocenters. The van der Waals surface area contributed by atoms with Crippen molar-refractivity contribution in [2.75, 3.05) is 12.4 Å². The number of hydrogen-bond acceptors (Lipinski definition) is 3. The van der Waals surface area contributed by atoms with Gasteiger partial charge in [0, 0.05) is 12.4 Å². The van der Waals surface area contributed by atoms with E-state index < -0.39 is 0 Å². The number of hydrogen-bond donors (Lipinski definition) is 2. The summed E-state index contributed by atoms with van der Waals surface area (Å²) in [7, 11) is 1.76. The van der Waals surface area contributed by atoms with Crippen molar-refractivity contribution < 1.29 is 5.11 Å². The predicted molar refractivity (Wildman–Crippen MR) is 53.0 cm³/mol. The van der Waals surface area contributed by atoms with Crippen LogP contribution < -0.4 is 5.32 Å². The molecule has 1 heterocycles. The van der Waals surface area contributed by atoms with E-state index >= 15 is 0 Å². The monoisotopic (exact) mass is 174 g/mol. The lowest BCUT2D eigenvalue weighted by Gasteiger charge is -2.05. The fourth-order valence-electron chi connectivity index (χ4n) is 1.31. The average Bonchev–Trinajstić information content (AvgIpc) is 2.19. The Kier molecular flexibility index (Phi) is 1.77. The van der Waals surface area contributed by atoms with E-state index in [1.807, 2.05) is 24.3 Å². The zero-order valence-electron chi connectivity index (χ0n) is 7.28. The highest BCUT2D eigenvalue weighted by molar-refractivity contribution is 5.89. The molecule has 0 saturated heterocycles. The Morgan fingerprint density at radius 1 is 1.31 bits per heavy atom. The minimum Gasteiger partial charge on any atom is -0.505 e. The number of rotatable bonds is 1. The van der Waals surface area contributed by atoms with Crippen molar-refractivity contribution in [1.29, 1.82) is 0 Å². The Hall–Kier alpha value is -1.77. The molecule has 1 aromatic heterocycles. The van der Waals surface area contributed by atoms with Crippen LogP contribution in [0.3, 0.4) is 0 Å². The van der Waals surface area contributed by atoms with Crippen LogP contribution in [-0.4, -0.2) is 17.1 Å². The zero-order valence-corrected chi connectivity index (χ0v) is 7.28. The Morgan fingerprint density at radius 3 is 2.85 bits per heavy atom. The van der Waals surface area contributed by atoms with Crippen LogP contribution in [0.1, 0.15) is 0 Å². The highest BCUT2D eigenvalue weighted by atomic mass is 16.3. The van der Waals surface area contributed by atoms with Gasteiger partial charge in [-0.25, -0.2) is 0 Å². The standard InChI is InChI=1S/C10H10N2O/c1-11-9-6-12-8-5-3-2-4-7(8)10(9)13/h2-6,11H,1H3,(H,12,13). The van der Waals surface area contributed by atoms with Gasteiger partial charge in [0.15, 0.2) is 0 Å². The van der Waals surface area contributed by atoms with Crippen LogP contribution in [0, 0.1) is 0 Å². The summed E-state index contributed by atoms with van der Waals surface area (Å²) in [5.41, 5.74) is 1.46. The van der Waals surface area contributed by atoms with Crippen molar-refractivity contribution in [3.8, 4) is 5.75 Å². The van der Waals surface area contributed by atoms with Crippen LogP contribution in [0.25, 0.3) is 10.9 Å². The topological polar surface area (TPSA) is 45.2 Å². The number of aromatic nitrogens is 1. The Morgan fingerprint density at radius 2 is 2.08 bits per heavy atom. The molecule has 1 aromatic carbocycles. The molecular formula is C10H10N2O. The molecule has 2 aromatic rings. The van der Waals surface area contributed by atoms with E-state index in [-0.39, 0.29) is 5.75 Å². The first kappa shape index (κ1) is 7.86. The zero-order chi connectivity index (χ0) is 9.26. The molecule has 3 nitrogen and oxygen atoms in total. The highest BCUT2D eigenvalue weighted by Gasteiger charge is 2.04. The predicted octanol–water partition coefficient (Wildman–Crippen LogP) is 1.98. The third kappa shape index (κ3) is 1.18. The summed E-state index contributed by atoms with van der Waals surface area (Å²) < 4.78 is 0. The second-order valence-electron chi connectivity index (χ2n) is 2.79. The normalized spacial score (nSPS) is 10.2. The quantitative estimate of drug-likeness (QED) is 0.694. The summed E-state index contributed by atoms with van der Waals surface area (Å²) in [5, 5.41) is 13.4. The van der Waals surface area contributed by atoms with E-state index in [0.29, 0.717) is 5.69 Å². The third-order valence-corrected chi connectivity index (χ3v) is 2.02. The van der Waals surface area contributed by atoms with Gasteiger partial charge in [0.05, 0.1) is 17.4 Å². The van der Waals surface area contributed by atoms with Crippen molar-refractivity contribution in [3.63, 3.8) is 0 Å². The van der Waals surface area contributed by atoms with E-state index in [2.05, 4.69) is 10.3 Å². The number of nitrogens with one attached hydrogen (secondary N) is 1. The fraction of sp³-hybridized carbons (Fsp3) is 0.100. The lowest BCUT2D eigenvalue weighted by molar-refractivity contribution is 0.483. The van der Waals surface area contributed by atoms with E-state index in [9.17, 15) is 5.11 Å². The summed E-state index contributed by atoms with van der Waals surface area (Å²) in [5.74, 6) is 0.258. The molecule has 2 rings (SSSR count). The first-order valence-corrected chi connectivity index (χ1v) is 4.07. The maximum atomic E-state index is 9.75. The Balaban J connectivity index is 2.79. The number of pyridine rings is 1. The number of fused-ring (bicyclic) bond motifs is 1. The highest BCUT2D eigenvalue weighted by Crippen LogP contribution is 2.29. The molecule has 0 radical (unpaired) electrons. The minimum absolute atomic E-state index is 0.258. The molecule has 0 fully saturated rings. The molecule has 0 aliphatic heterocycles. The van der Waals surface area contributed by atoms with E-state index in [0.717, 1.165) is 10.9 Å². The first-order chi connectivity index (χ1) is 6.33. The summed E-state index contributed by atoms with van der Waals surface area (Å²) in [6.45, 7) is 0. The largest absolute Gasteiger partial charge is 0.505 e. The third-order valence-electron chi connectivity index (χ3n) is 2.02. The maximum Gasteiger partial charge on any atom is 0.149 e. The van der Waals surface area contributed by atoms with Gasteiger partial charge >= 0.3 is 0 Å². The van der Waals surface area contributed by atoms with Gasteiger partial charge in [-0.05, 0) is 12.1 Å². The van der Waals surface area contributed by atoms with E-state index in [4.69, 9.17) is 0 Å². The van der Waals surface area contributed by atoms with Gasteiger partial charge in [-0.3, -0.25) is 4.98 Å². The maximum absolute atomic E-state index is 9.75. The molecule has 0 spiro atoms. The van der Waals surface area contributed by atoms with Crippen molar-refractivity contribution in [2.45, 2.75) is 0 Å². The summed E-state index contributed by atoms with van der Waals surface area (Å²) in [6, 6.07) is 7.49. The molecule has 0 bridgehead atoms. The van der Waals surface area contributed by atoms with Gasteiger partial charge < -0.3 is 10.4 Å². The first-order valence-electron chi connectivity index (χ1n) is 4.07. The van der Waals surface area contributed by atoms with Gasteiger partial charge in [0.25, 0.3) is 0 Å². The van der Waals surface area contributed by atoms with Gasteiger partial charge in [-0.15, -0.1) is 0 Å². The van der Waals surface area contributed by atoms with Gasteiger partial charge in [0.2, 0.25) is 0 Å². The number of para-hydroxylation sites is 1. The van der Waals surface area contributed by atoms with Gasteiger partial charge in [-0.1, -0.05) is 12.1 Å². The smallest absolute Gasteiger partial charge is 0.149 e. The molecule has 0 saturated carbocycles. The molecule has 0 unspecified atom stereocenters. The number of nitrogens with zero attached hydrogens (tertiary/aromatic N) is 1. The van der Waals surface area contributed by atoms with E-state index in [1.165, 1.54) is 0 Å². The molecular weight excluding hydrogens is 164 g/mol. The Bertz CT molecular complexity index is 440. The van der Waals surface area contributed by atoms with Gasteiger partial charge in [-0.2, -0.15) is 0 Å². The number of benzene rings is 1. The Labute approximate surface area is 76.0 Å². The van der Waals surface area contributed by atoms with Crippen molar-refractivity contribution in [2.24, 2.45) is 0 Å². The van der Waals surface area contributed by atoms with Crippen LogP contribution in [0.4, 0.5) is 5.69 Å². The molecule has 0 aliphatic carbocycles. The number of anilines is 1. The van der Waals surface area contributed by atoms with Crippen molar-refractivity contribution in [3.05, 3.63) is 30.5 Å². The molecule has 13 heavy (non-hydrogen) atoms. The molecule has 0 aliphatic rings. The second kappa shape index (κ2) is 2.94. The second-order valence-corrected chi connectivity index (χ2v) is 2.79. The van der Waals surface area contributed by atoms with Crippen LogP contribution in [0.2, 0.25) is 0 Å². The minimum atomic E-state index is 0.258. The molecule has 3 heteroatoms. The lowest BCUT2D eigenvalue weighted by Crippen LogP contribution is -1.90. The van der Waals surface area contributed by atoms with Gasteiger partial charge in [0.1, 0.15) is 5.75 Å². The molecule has 2 N–H and O–H groups in total. The summed E-state index contributed by atoms with van der Waals surface area (Å²) >= 11 is 0. The lowest BCUT2D eigenvalue weighted by atomic mass is 10.2.